The second kappa shape index (κ2) is 9.57. The molecule has 0 atom stereocenters. The molecule has 2 saturated heterocycles. The molecule has 0 saturated carbocycles. The van der Waals surface area contributed by atoms with Gasteiger partial charge in [-0.15, -0.1) is 0 Å². The van der Waals surface area contributed by atoms with Crippen LogP contribution in [0.2, 0.25) is 0 Å². The van der Waals surface area contributed by atoms with Crippen molar-refractivity contribution in [2.45, 2.75) is 12.8 Å². The van der Waals surface area contributed by atoms with Crippen LogP contribution in [-0.4, -0.2) is 65.9 Å². The quantitative estimate of drug-likeness (QED) is 0.736. The lowest BCUT2D eigenvalue weighted by atomic mass is 9.95. The summed E-state index contributed by atoms with van der Waals surface area (Å²) in [4.78, 5) is 35.9. The summed E-state index contributed by atoms with van der Waals surface area (Å²) in [5, 5.41) is 0. The van der Waals surface area contributed by atoms with Crippen molar-refractivity contribution in [1.82, 2.24) is 14.8 Å². The van der Waals surface area contributed by atoms with Crippen LogP contribution in [0.1, 0.15) is 18.4 Å². The third-order valence-corrected chi connectivity index (χ3v) is 5.94. The maximum atomic E-state index is 13.0. The van der Waals surface area contributed by atoms with E-state index in [1.54, 1.807) is 12.3 Å². The van der Waals surface area contributed by atoms with Crippen LogP contribution in [0, 0.1) is 5.92 Å². The van der Waals surface area contributed by atoms with E-state index in [0.717, 1.165) is 50.4 Å². The van der Waals surface area contributed by atoms with Crippen LogP contribution in [-0.2, 0) is 9.59 Å². The Morgan fingerprint density at radius 1 is 0.833 bits per heavy atom. The Labute approximate surface area is 177 Å². The highest BCUT2D eigenvalue weighted by Crippen LogP contribution is 2.22. The first-order valence-corrected chi connectivity index (χ1v) is 10.7. The summed E-state index contributed by atoms with van der Waals surface area (Å²) in [6.45, 7) is 4.36. The van der Waals surface area contributed by atoms with Gasteiger partial charge in [-0.25, -0.2) is 4.98 Å². The Bertz CT molecular complexity index is 869. The molecule has 6 nitrogen and oxygen atoms in total. The van der Waals surface area contributed by atoms with E-state index >= 15 is 0 Å². The van der Waals surface area contributed by atoms with Crippen molar-refractivity contribution in [1.29, 1.82) is 0 Å². The van der Waals surface area contributed by atoms with Crippen LogP contribution < -0.4 is 4.90 Å². The Kier molecular flexibility index (Phi) is 6.42. The number of piperidine rings is 1. The molecule has 0 N–H and O–H groups in total. The molecule has 2 aliphatic rings. The number of pyridine rings is 1. The number of rotatable bonds is 4. The lowest BCUT2D eigenvalue weighted by Gasteiger charge is -2.38. The van der Waals surface area contributed by atoms with E-state index in [2.05, 4.69) is 9.88 Å². The molecule has 2 aromatic rings. The second-order valence-electron chi connectivity index (χ2n) is 7.84. The third-order valence-electron chi connectivity index (χ3n) is 5.94. The number of hydrogen-bond donors (Lipinski definition) is 0. The van der Waals surface area contributed by atoms with Crippen LogP contribution in [0.25, 0.3) is 6.08 Å². The summed E-state index contributed by atoms with van der Waals surface area (Å²) in [7, 11) is 0. The zero-order valence-electron chi connectivity index (χ0n) is 17.2. The fraction of sp³-hybridized carbons (Fsp3) is 0.375. The maximum Gasteiger partial charge on any atom is 0.246 e. The zero-order chi connectivity index (χ0) is 20.8. The van der Waals surface area contributed by atoms with Gasteiger partial charge in [0, 0.05) is 57.5 Å². The highest BCUT2D eigenvalue weighted by atomic mass is 16.2. The number of piperazine rings is 1. The van der Waals surface area contributed by atoms with Crippen LogP contribution in [0.4, 0.5) is 5.82 Å². The summed E-state index contributed by atoms with van der Waals surface area (Å²) in [6, 6.07) is 15.7. The molecule has 1 aromatic heterocycles. The monoisotopic (exact) mass is 404 g/mol. The Morgan fingerprint density at radius 2 is 1.53 bits per heavy atom. The maximum absolute atomic E-state index is 13.0. The summed E-state index contributed by atoms with van der Waals surface area (Å²) in [5.41, 5.74) is 1.01. The van der Waals surface area contributed by atoms with Gasteiger partial charge in [0.25, 0.3) is 0 Å². The minimum Gasteiger partial charge on any atom is -0.353 e. The summed E-state index contributed by atoms with van der Waals surface area (Å²) in [6.07, 6.45) is 6.76. The molecule has 1 aromatic carbocycles. The third kappa shape index (κ3) is 4.87. The largest absolute Gasteiger partial charge is 0.353 e. The van der Waals surface area contributed by atoms with Gasteiger partial charge in [0.1, 0.15) is 5.82 Å². The van der Waals surface area contributed by atoms with Crippen LogP contribution in [0.15, 0.2) is 60.8 Å². The molecule has 0 radical (unpaired) electrons. The molecule has 0 unspecified atom stereocenters. The van der Waals surface area contributed by atoms with Gasteiger partial charge in [0.05, 0.1) is 0 Å². The summed E-state index contributed by atoms with van der Waals surface area (Å²) < 4.78 is 0. The van der Waals surface area contributed by atoms with Crippen molar-refractivity contribution in [3.8, 4) is 0 Å². The van der Waals surface area contributed by atoms with E-state index in [0.29, 0.717) is 13.1 Å². The normalized spacial score (nSPS) is 18.1. The predicted octanol–water partition coefficient (Wildman–Crippen LogP) is 2.68. The number of carbonyl (C=O) groups is 2. The van der Waals surface area contributed by atoms with Crippen molar-refractivity contribution in [3.05, 3.63) is 66.4 Å². The molecule has 3 heterocycles. The summed E-state index contributed by atoms with van der Waals surface area (Å²) >= 11 is 0. The van der Waals surface area contributed by atoms with E-state index in [1.165, 1.54) is 0 Å². The molecular weight excluding hydrogens is 376 g/mol. The molecule has 156 valence electrons. The Morgan fingerprint density at radius 3 is 2.20 bits per heavy atom. The molecule has 0 aliphatic carbocycles. The number of nitrogens with zero attached hydrogens (tertiary/aromatic N) is 4. The topological polar surface area (TPSA) is 56.8 Å². The molecule has 4 rings (SSSR count). The Balaban J connectivity index is 1.24. The minimum absolute atomic E-state index is 0.0218. The van der Waals surface area contributed by atoms with Crippen molar-refractivity contribution >= 4 is 23.7 Å². The number of hydrogen-bond acceptors (Lipinski definition) is 4. The molecular formula is C24H28N4O2. The fourth-order valence-electron chi connectivity index (χ4n) is 4.14. The van der Waals surface area contributed by atoms with Gasteiger partial charge in [-0.3, -0.25) is 9.59 Å². The first-order valence-electron chi connectivity index (χ1n) is 10.7. The summed E-state index contributed by atoms with van der Waals surface area (Å²) in [5.74, 6) is 1.25. The highest BCUT2D eigenvalue weighted by molar-refractivity contribution is 5.92. The number of amides is 2. The van der Waals surface area contributed by atoms with Gasteiger partial charge in [-0.1, -0.05) is 36.4 Å². The van der Waals surface area contributed by atoms with Crippen LogP contribution >= 0.6 is 0 Å². The van der Waals surface area contributed by atoms with Crippen LogP contribution in [0.5, 0.6) is 0 Å². The number of anilines is 1. The average Bonchev–Trinajstić information content (AvgIpc) is 2.83. The standard InChI is InChI=1S/C24H28N4O2/c29-23(10-9-20-6-2-1-3-7-20)27-14-11-21(12-15-27)24(30)28-18-16-26(17-19-28)22-8-4-5-13-25-22/h1-10,13,21H,11-12,14-19H2. The lowest BCUT2D eigenvalue weighted by Crippen LogP contribution is -2.52. The van der Waals surface area contributed by atoms with Crippen molar-refractivity contribution in [2.24, 2.45) is 5.92 Å². The van der Waals surface area contributed by atoms with Crippen molar-refractivity contribution < 1.29 is 9.59 Å². The van der Waals surface area contributed by atoms with Crippen LogP contribution in [0.3, 0.4) is 0 Å². The van der Waals surface area contributed by atoms with E-state index < -0.39 is 0 Å². The molecule has 30 heavy (non-hydrogen) atoms. The molecule has 2 fully saturated rings. The zero-order valence-corrected chi connectivity index (χ0v) is 17.2. The van der Waals surface area contributed by atoms with Gasteiger partial charge in [-0.2, -0.15) is 0 Å². The minimum atomic E-state index is 0.0218. The van der Waals surface area contributed by atoms with Crippen molar-refractivity contribution in [3.63, 3.8) is 0 Å². The number of likely N-dealkylation sites (tertiary alicyclic amines) is 1. The number of carbonyl (C=O) groups excluding carboxylic acids is 2. The van der Waals surface area contributed by atoms with E-state index in [9.17, 15) is 9.59 Å². The number of aromatic nitrogens is 1. The number of benzene rings is 1. The van der Waals surface area contributed by atoms with Gasteiger partial charge >= 0.3 is 0 Å². The Hall–Kier alpha value is -3.15. The highest BCUT2D eigenvalue weighted by Gasteiger charge is 2.31. The van der Waals surface area contributed by atoms with Gasteiger partial charge < -0.3 is 14.7 Å². The molecule has 6 heteroatoms. The molecule has 0 spiro atoms. The first kappa shape index (κ1) is 20.1. The van der Waals surface area contributed by atoms with E-state index in [1.807, 2.05) is 64.4 Å². The average molecular weight is 405 g/mol. The fourth-order valence-corrected chi connectivity index (χ4v) is 4.14. The smallest absolute Gasteiger partial charge is 0.246 e. The van der Waals surface area contributed by atoms with Gasteiger partial charge in [0.15, 0.2) is 0 Å². The van der Waals surface area contributed by atoms with Gasteiger partial charge in [-0.05, 0) is 36.6 Å². The van der Waals surface area contributed by atoms with E-state index in [-0.39, 0.29) is 17.7 Å². The van der Waals surface area contributed by atoms with Crippen molar-refractivity contribution in [2.75, 3.05) is 44.2 Å². The lowest BCUT2D eigenvalue weighted by molar-refractivity contribution is -0.139. The molecule has 2 aliphatic heterocycles. The molecule has 0 bridgehead atoms. The van der Waals surface area contributed by atoms with Gasteiger partial charge in [0.2, 0.25) is 11.8 Å². The SMILES string of the molecule is O=C(C=Cc1ccccc1)N1CCC(C(=O)N2CCN(c3ccccn3)CC2)CC1. The molecule has 2 amide bonds. The first-order chi connectivity index (χ1) is 14.7. The van der Waals surface area contributed by atoms with E-state index in [4.69, 9.17) is 0 Å². The predicted molar refractivity (Wildman–Crippen MR) is 118 cm³/mol. The second-order valence-corrected chi connectivity index (χ2v) is 7.84.